The third-order valence-corrected chi connectivity index (χ3v) is 5.77. The van der Waals surface area contributed by atoms with Crippen molar-refractivity contribution >= 4 is 49.9 Å². The third-order valence-electron chi connectivity index (χ3n) is 2.19. The Morgan fingerprint density at radius 2 is 2.26 bits per heavy atom. The molecule has 0 aliphatic heterocycles. The fourth-order valence-corrected chi connectivity index (χ4v) is 4.52. The quantitative estimate of drug-likeness (QED) is 0.283. The predicted molar refractivity (Wildman–Crippen MR) is 81.3 cm³/mol. The van der Waals surface area contributed by atoms with Gasteiger partial charge in [-0.2, -0.15) is 0 Å². The molecule has 1 aliphatic carbocycles. The molecule has 0 aromatic rings. The Morgan fingerprint density at radius 3 is 2.84 bits per heavy atom. The molecule has 3 N–H and O–H groups in total. The summed E-state index contributed by atoms with van der Waals surface area (Å²) in [4.78, 5) is 4.31. The van der Waals surface area contributed by atoms with E-state index in [-0.39, 0.29) is 28.8 Å². The van der Waals surface area contributed by atoms with Crippen LogP contribution >= 0.6 is 34.2 Å². The lowest BCUT2D eigenvalue weighted by Gasteiger charge is -2.19. The van der Waals surface area contributed by atoms with Crippen LogP contribution in [0, 0.1) is 0 Å². The van der Waals surface area contributed by atoms with Crippen LogP contribution < -0.4 is 10.6 Å². The summed E-state index contributed by atoms with van der Waals surface area (Å²) in [6, 6.07) is 0. The lowest BCUT2D eigenvalue weighted by Crippen LogP contribution is -2.34. The number of nitrogens with one attached hydrogen (secondary N) is 1. The Labute approximate surface area is 130 Å². The molecular formula is C9H13ClIN3O4S. The fraction of sp³-hybridized carbons (Fsp3) is 0.444. The molecule has 0 radical (unpaired) electrons. The van der Waals surface area contributed by atoms with Gasteiger partial charge in [-0.1, -0.05) is 39.3 Å². The largest absolute Gasteiger partial charge is 0.383 e. The molecule has 108 valence electrons. The molecule has 0 amide bonds. The van der Waals surface area contributed by atoms with Crippen LogP contribution in [0.2, 0.25) is 0 Å². The Kier molecular flexibility index (Phi) is 6.69. The number of ether oxygens (including phenoxy) is 1. The molecule has 0 aromatic carbocycles. The third kappa shape index (κ3) is 4.39. The minimum Gasteiger partial charge on any atom is -0.383 e. The molecule has 0 heterocycles. The number of nitrogens with two attached hydrogens (primary N) is 1. The number of oxime groups is 1. The summed E-state index contributed by atoms with van der Waals surface area (Å²) < 4.78 is 30.8. The van der Waals surface area contributed by atoms with Crippen molar-refractivity contribution in [1.82, 2.24) is 4.72 Å². The van der Waals surface area contributed by atoms with Gasteiger partial charge in [0.25, 0.3) is 0 Å². The number of rotatable bonds is 6. The van der Waals surface area contributed by atoms with Gasteiger partial charge in [0.05, 0.1) is 20.5 Å². The van der Waals surface area contributed by atoms with Crippen molar-refractivity contribution in [2.45, 2.75) is 3.92 Å². The van der Waals surface area contributed by atoms with E-state index in [2.05, 4.69) is 14.8 Å². The highest BCUT2D eigenvalue weighted by Crippen LogP contribution is 2.29. The summed E-state index contributed by atoms with van der Waals surface area (Å²) in [6.45, 7) is 0.457. The maximum Gasteiger partial charge on any atom is 0.238 e. The average molecular weight is 422 g/mol. The topological polar surface area (TPSA) is 103 Å². The van der Waals surface area contributed by atoms with Crippen LogP contribution in [0.25, 0.3) is 0 Å². The zero-order valence-electron chi connectivity index (χ0n) is 9.97. The molecule has 0 spiro atoms. The van der Waals surface area contributed by atoms with Gasteiger partial charge in [-0.3, -0.25) is 0 Å². The van der Waals surface area contributed by atoms with E-state index in [0.29, 0.717) is 0 Å². The van der Waals surface area contributed by atoms with Crippen LogP contribution in [-0.2, 0) is 19.7 Å². The van der Waals surface area contributed by atoms with Crippen molar-refractivity contribution in [1.29, 1.82) is 0 Å². The number of nitrogens with zero attached hydrogens (tertiary/aromatic N) is 1. The lowest BCUT2D eigenvalue weighted by molar-refractivity contribution is 0.149. The molecule has 1 atom stereocenters. The van der Waals surface area contributed by atoms with Gasteiger partial charge in [0.15, 0.2) is 0 Å². The molecule has 0 bridgehead atoms. The highest BCUT2D eigenvalue weighted by Gasteiger charge is 2.32. The maximum absolute atomic E-state index is 12.1. The summed E-state index contributed by atoms with van der Waals surface area (Å²) in [6.07, 6.45) is 2.85. The Balaban J connectivity index is 2.98. The first-order valence-corrected chi connectivity index (χ1v) is 8.19. The number of methoxy groups -OCH3 is 1. The van der Waals surface area contributed by atoms with Crippen LogP contribution in [0.15, 0.2) is 27.2 Å². The summed E-state index contributed by atoms with van der Waals surface area (Å²) in [7, 11) is -2.15. The second-order valence-corrected chi connectivity index (χ2v) is 6.84. The Hall–Kier alpha value is -0.200. The number of alkyl halides is 1. The Bertz CT molecular complexity index is 518. The standard InChI is InChI=1S/C9H13ClIN3O4S/c1-17-5-4-13-19(15,16)7-3-2-6(10)9(8(7)11)14-18-12/h2-3,8,13H,4-5,12H2,1H3/b14-9-. The van der Waals surface area contributed by atoms with Crippen molar-refractivity contribution in [3.63, 3.8) is 0 Å². The van der Waals surface area contributed by atoms with Crippen LogP contribution in [0.4, 0.5) is 0 Å². The van der Waals surface area contributed by atoms with Gasteiger partial charge in [-0.05, 0) is 12.2 Å². The van der Waals surface area contributed by atoms with Crippen molar-refractivity contribution in [3.05, 3.63) is 22.1 Å². The monoisotopic (exact) mass is 421 g/mol. The molecule has 0 aromatic heterocycles. The highest BCUT2D eigenvalue weighted by molar-refractivity contribution is 14.1. The van der Waals surface area contributed by atoms with E-state index in [1.807, 2.05) is 22.6 Å². The fourth-order valence-electron chi connectivity index (χ4n) is 1.31. The minimum absolute atomic E-state index is 0.129. The second kappa shape index (κ2) is 7.55. The molecule has 19 heavy (non-hydrogen) atoms. The van der Waals surface area contributed by atoms with Gasteiger partial charge >= 0.3 is 0 Å². The zero-order chi connectivity index (χ0) is 14.5. The van der Waals surface area contributed by atoms with E-state index in [4.69, 9.17) is 22.2 Å². The van der Waals surface area contributed by atoms with E-state index in [1.54, 1.807) is 0 Å². The van der Waals surface area contributed by atoms with E-state index in [9.17, 15) is 8.42 Å². The molecule has 10 heteroatoms. The van der Waals surface area contributed by atoms with Crippen LogP contribution in [0.1, 0.15) is 0 Å². The first-order chi connectivity index (χ1) is 8.94. The molecule has 0 saturated carbocycles. The van der Waals surface area contributed by atoms with Crippen molar-refractivity contribution < 1.29 is 18.1 Å². The molecule has 0 fully saturated rings. The minimum atomic E-state index is -3.64. The number of sulfonamides is 1. The summed E-state index contributed by atoms with van der Waals surface area (Å²) in [5.41, 5.74) is 0.249. The number of halogens is 2. The molecule has 0 saturated heterocycles. The van der Waals surface area contributed by atoms with E-state index in [1.165, 1.54) is 19.3 Å². The maximum atomic E-state index is 12.1. The van der Waals surface area contributed by atoms with Gasteiger partial charge in [0.1, 0.15) is 5.71 Å². The first-order valence-electron chi connectivity index (χ1n) is 5.08. The van der Waals surface area contributed by atoms with Gasteiger partial charge in [0, 0.05) is 13.7 Å². The zero-order valence-corrected chi connectivity index (χ0v) is 13.7. The summed E-state index contributed by atoms with van der Waals surface area (Å²) in [5, 5.41) is 3.81. The smallest absolute Gasteiger partial charge is 0.238 e. The van der Waals surface area contributed by atoms with E-state index >= 15 is 0 Å². The van der Waals surface area contributed by atoms with Crippen molar-refractivity contribution in [2.24, 2.45) is 11.1 Å². The number of hydrogen-bond acceptors (Lipinski definition) is 6. The van der Waals surface area contributed by atoms with Crippen LogP contribution in [0.3, 0.4) is 0 Å². The molecule has 1 unspecified atom stereocenters. The Morgan fingerprint density at radius 1 is 1.58 bits per heavy atom. The van der Waals surface area contributed by atoms with Gasteiger partial charge in [-0.15, -0.1) is 5.90 Å². The van der Waals surface area contributed by atoms with Gasteiger partial charge in [0.2, 0.25) is 10.0 Å². The molecule has 1 rings (SSSR count). The van der Waals surface area contributed by atoms with Crippen LogP contribution in [0.5, 0.6) is 0 Å². The normalized spacial score (nSPS) is 22.1. The number of allylic oxidation sites excluding steroid dienone is 4. The SMILES string of the molecule is COCCNS(=O)(=O)C1=CC=C(Cl)/C(=N/ON)C1I. The van der Waals surface area contributed by atoms with E-state index in [0.717, 1.165) is 0 Å². The second-order valence-electron chi connectivity index (χ2n) is 3.42. The van der Waals surface area contributed by atoms with Crippen molar-refractivity contribution in [2.75, 3.05) is 20.3 Å². The van der Waals surface area contributed by atoms with E-state index < -0.39 is 13.9 Å². The molecular weight excluding hydrogens is 409 g/mol. The number of hydrogen-bond donors (Lipinski definition) is 2. The predicted octanol–water partition coefficient (Wildman–Crippen LogP) is 0.622. The molecule has 1 aliphatic rings. The van der Waals surface area contributed by atoms with Crippen molar-refractivity contribution in [3.8, 4) is 0 Å². The first kappa shape index (κ1) is 16.9. The summed E-state index contributed by atoms with van der Waals surface area (Å²) in [5.74, 6) is 4.86. The molecule has 7 nitrogen and oxygen atoms in total. The van der Waals surface area contributed by atoms with Crippen LogP contribution in [-0.4, -0.2) is 38.3 Å². The lowest BCUT2D eigenvalue weighted by atomic mass is 10.1. The van der Waals surface area contributed by atoms with Gasteiger partial charge in [-0.25, -0.2) is 13.1 Å². The highest BCUT2D eigenvalue weighted by atomic mass is 127. The average Bonchev–Trinajstić information content (AvgIpc) is 2.34. The summed E-state index contributed by atoms with van der Waals surface area (Å²) >= 11 is 7.80. The van der Waals surface area contributed by atoms with Gasteiger partial charge < -0.3 is 9.68 Å².